The molecule has 4 atom stereocenters. The minimum absolute atomic E-state index is 0.226. The molecule has 0 aromatic heterocycles. The predicted molar refractivity (Wildman–Crippen MR) is 60.0 cm³/mol. The monoisotopic (exact) mass is 224 g/mol. The van der Waals surface area contributed by atoms with Crippen molar-refractivity contribution in [3.05, 3.63) is 0 Å². The first-order valence-electron chi connectivity index (χ1n) is 6.36. The summed E-state index contributed by atoms with van der Waals surface area (Å²) in [4.78, 5) is 14.3. The summed E-state index contributed by atoms with van der Waals surface area (Å²) in [6.07, 6.45) is 4.47. The van der Waals surface area contributed by atoms with Gasteiger partial charge in [0.2, 0.25) is 5.91 Å². The summed E-state index contributed by atoms with van der Waals surface area (Å²) in [5.41, 5.74) is 0. The zero-order valence-corrected chi connectivity index (χ0v) is 9.82. The summed E-state index contributed by atoms with van der Waals surface area (Å²) < 4.78 is 5.34. The van der Waals surface area contributed by atoms with E-state index in [1.807, 2.05) is 11.9 Å². The lowest BCUT2D eigenvalue weighted by atomic mass is 9.88. The Kier molecular flexibility index (Phi) is 2.64. The molecule has 3 saturated heterocycles. The molecular formula is C12H20N2O2. The number of carbonyl (C=O) groups excluding carboxylic acids is 1. The molecule has 0 aromatic rings. The summed E-state index contributed by atoms with van der Waals surface area (Å²) in [6, 6.07) is 1.36. The van der Waals surface area contributed by atoms with E-state index in [0.29, 0.717) is 24.0 Å². The van der Waals surface area contributed by atoms with Gasteiger partial charge in [0.1, 0.15) is 0 Å². The van der Waals surface area contributed by atoms with Gasteiger partial charge >= 0.3 is 0 Å². The van der Waals surface area contributed by atoms with Gasteiger partial charge in [-0.25, -0.2) is 0 Å². The first-order valence-corrected chi connectivity index (χ1v) is 6.36. The number of rotatable bonds is 2. The fraction of sp³-hybridized carbons (Fsp3) is 0.917. The number of nitrogens with zero attached hydrogens (tertiary/aromatic N) is 1. The van der Waals surface area contributed by atoms with Gasteiger partial charge in [0.25, 0.3) is 0 Å². The molecule has 1 N–H and O–H groups in total. The Morgan fingerprint density at radius 1 is 1.38 bits per heavy atom. The molecule has 0 saturated carbocycles. The number of nitrogens with one attached hydrogen (secondary N) is 1. The van der Waals surface area contributed by atoms with Crippen LogP contribution in [0.4, 0.5) is 0 Å². The minimum atomic E-state index is 0.226. The Labute approximate surface area is 96.3 Å². The van der Waals surface area contributed by atoms with E-state index < -0.39 is 0 Å². The van der Waals surface area contributed by atoms with E-state index in [2.05, 4.69) is 5.32 Å². The Morgan fingerprint density at radius 2 is 2.25 bits per heavy atom. The van der Waals surface area contributed by atoms with Gasteiger partial charge in [0.05, 0.1) is 18.6 Å². The smallest absolute Gasteiger partial charge is 0.227 e. The van der Waals surface area contributed by atoms with Crippen molar-refractivity contribution in [2.75, 3.05) is 20.3 Å². The van der Waals surface area contributed by atoms with Gasteiger partial charge in [-0.2, -0.15) is 0 Å². The van der Waals surface area contributed by atoms with Crippen molar-refractivity contribution in [2.45, 2.75) is 43.8 Å². The van der Waals surface area contributed by atoms with Crippen LogP contribution >= 0.6 is 0 Å². The molecule has 3 fully saturated rings. The number of hydrogen-bond donors (Lipinski definition) is 1. The molecule has 3 rings (SSSR count). The number of ether oxygens (including phenoxy) is 1. The van der Waals surface area contributed by atoms with Crippen molar-refractivity contribution >= 4 is 5.91 Å². The van der Waals surface area contributed by atoms with Crippen LogP contribution in [0.5, 0.6) is 0 Å². The molecule has 3 aliphatic rings. The van der Waals surface area contributed by atoms with Gasteiger partial charge in [-0.15, -0.1) is 0 Å². The number of carbonyl (C=O) groups is 1. The fourth-order valence-corrected chi connectivity index (χ4v) is 3.37. The first-order chi connectivity index (χ1) is 7.75. The van der Waals surface area contributed by atoms with Crippen LogP contribution in [0.2, 0.25) is 0 Å². The van der Waals surface area contributed by atoms with Crippen molar-refractivity contribution in [3.8, 4) is 0 Å². The lowest BCUT2D eigenvalue weighted by Gasteiger charge is -2.29. The maximum absolute atomic E-state index is 12.4. The van der Waals surface area contributed by atoms with E-state index in [9.17, 15) is 4.79 Å². The number of hydrogen-bond acceptors (Lipinski definition) is 3. The van der Waals surface area contributed by atoms with Gasteiger partial charge < -0.3 is 15.0 Å². The van der Waals surface area contributed by atoms with Crippen molar-refractivity contribution < 1.29 is 9.53 Å². The van der Waals surface area contributed by atoms with Crippen LogP contribution in [0.15, 0.2) is 0 Å². The number of amides is 1. The highest BCUT2D eigenvalue weighted by Gasteiger charge is 2.44. The second-order valence-electron chi connectivity index (χ2n) is 5.36. The van der Waals surface area contributed by atoms with Crippen LogP contribution in [0.1, 0.15) is 25.7 Å². The molecule has 1 amide bonds. The van der Waals surface area contributed by atoms with E-state index in [0.717, 1.165) is 26.1 Å². The van der Waals surface area contributed by atoms with Crippen molar-refractivity contribution in [2.24, 2.45) is 5.92 Å². The topological polar surface area (TPSA) is 41.6 Å². The quantitative estimate of drug-likeness (QED) is 0.737. The molecule has 4 nitrogen and oxygen atoms in total. The summed E-state index contributed by atoms with van der Waals surface area (Å²) in [5, 5.41) is 3.53. The van der Waals surface area contributed by atoms with Crippen molar-refractivity contribution in [1.29, 1.82) is 0 Å². The van der Waals surface area contributed by atoms with Gasteiger partial charge in [-0.3, -0.25) is 4.79 Å². The third-order valence-electron chi connectivity index (χ3n) is 4.42. The van der Waals surface area contributed by atoms with Crippen molar-refractivity contribution in [1.82, 2.24) is 10.2 Å². The van der Waals surface area contributed by atoms with E-state index >= 15 is 0 Å². The lowest BCUT2D eigenvalue weighted by molar-refractivity contribution is -0.137. The van der Waals surface area contributed by atoms with Crippen LogP contribution in [-0.2, 0) is 9.53 Å². The molecule has 0 aromatic carbocycles. The largest absolute Gasteiger partial charge is 0.379 e. The second-order valence-corrected chi connectivity index (χ2v) is 5.36. The summed E-state index contributed by atoms with van der Waals surface area (Å²) >= 11 is 0. The normalized spacial score (nSPS) is 41.6. The highest BCUT2D eigenvalue weighted by Crippen LogP contribution is 2.34. The summed E-state index contributed by atoms with van der Waals surface area (Å²) in [7, 11) is 1.94. The molecule has 0 radical (unpaired) electrons. The van der Waals surface area contributed by atoms with Crippen molar-refractivity contribution in [3.63, 3.8) is 0 Å². The van der Waals surface area contributed by atoms with E-state index in [4.69, 9.17) is 4.74 Å². The molecule has 4 unspecified atom stereocenters. The highest BCUT2D eigenvalue weighted by atomic mass is 16.5. The van der Waals surface area contributed by atoms with Gasteiger partial charge in [0.15, 0.2) is 0 Å². The minimum Gasteiger partial charge on any atom is -0.379 e. The maximum atomic E-state index is 12.4. The third-order valence-corrected chi connectivity index (χ3v) is 4.42. The molecular weight excluding hydrogens is 204 g/mol. The van der Waals surface area contributed by atoms with Crippen LogP contribution in [0.25, 0.3) is 0 Å². The summed E-state index contributed by atoms with van der Waals surface area (Å²) in [6.45, 7) is 1.52. The second kappa shape index (κ2) is 4.00. The lowest BCUT2D eigenvalue weighted by Crippen LogP contribution is -2.44. The van der Waals surface area contributed by atoms with Crippen LogP contribution in [0, 0.1) is 5.92 Å². The van der Waals surface area contributed by atoms with Gasteiger partial charge in [-0.1, -0.05) is 0 Å². The molecule has 0 aliphatic carbocycles. The average molecular weight is 224 g/mol. The molecule has 90 valence electrons. The Bertz CT molecular complexity index is 289. The van der Waals surface area contributed by atoms with Gasteiger partial charge in [0, 0.05) is 25.7 Å². The maximum Gasteiger partial charge on any atom is 0.227 e. The Morgan fingerprint density at radius 3 is 2.81 bits per heavy atom. The average Bonchev–Trinajstić information content (AvgIpc) is 3.02. The first kappa shape index (κ1) is 10.5. The van der Waals surface area contributed by atoms with Crippen LogP contribution in [0.3, 0.4) is 0 Å². The molecule has 4 heteroatoms. The standard InChI is InChI=1S/C12H20N2O2/c1-14(9-4-5-16-7-9)12(15)10-6-8-2-3-11(10)13-8/h8-11,13H,2-7H2,1H3. The highest BCUT2D eigenvalue weighted by molar-refractivity contribution is 5.80. The van der Waals surface area contributed by atoms with Crippen LogP contribution in [-0.4, -0.2) is 49.2 Å². The molecule has 3 heterocycles. The number of fused-ring (bicyclic) bond motifs is 2. The zero-order chi connectivity index (χ0) is 11.1. The van der Waals surface area contributed by atoms with E-state index in [1.165, 1.54) is 12.8 Å². The summed E-state index contributed by atoms with van der Waals surface area (Å²) in [5.74, 6) is 0.555. The molecule has 0 spiro atoms. The molecule has 2 bridgehead atoms. The van der Waals surface area contributed by atoms with E-state index in [1.54, 1.807) is 0 Å². The number of likely N-dealkylation sites (N-methyl/N-ethyl adjacent to an activating group) is 1. The SMILES string of the molecule is CN(C(=O)C1CC2CCC1N2)C1CCOC1. The Balaban J connectivity index is 1.63. The molecule has 16 heavy (non-hydrogen) atoms. The zero-order valence-electron chi connectivity index (χ0n) is 9.82. The molecule has 3 aliphatic heterocycles. The predicted octanol–water partition coefficient (Wildman–Crippen LogP) is 0.374. The van der Waals surface area contributed by atoms with Gasteiger partial charge in [-0.05, 0) is 25.7 Å². The van der Waals surface area contributed by atoms with E-state index in [-0.39, 0.29) is 5.92 Å². The van der Waals surface area contributed by atoms with Crippen LogP contribution < -0.4 is 5.32 Å². The fourth-order valence-electron chi connectivity index (χ4n) is 3.37. The third kappa shape index (κ3) is 1.64. The Hall–Kier alpha value is -0.610.